The van der Waals surface area contributed by atoms with Crippen LogP contribution in [0.5, 0.6) is 0 Å². The lowest BCUT2D eigenvalue weighted by atomic mass is 10.2. The summed E-state index contributed by atoms with van der Waals surface area (Å²) in [6, 6.07) is 2.91. The molecule has 12 heteroatoms. The lowest BCUT2D eigenvalue weighted by Crippen LogP contribution is -2.44. The third-order valence-electron chi connectivity index (χ3n) is 2.30. The molecule has 10 nitrogen and oxygen atoms in total. The highest BCUT2D eigenvalue weighted by atomic mass is 79.9. The number of nitrogens with zero attached hydrogens (tertiary/aromatic N) is 3. The van der Waals surface area contributed by atoms with E-state index in [2.05, 4.69) is 21.1 Å². The number of anilines is 1. The fourth-order valence-electron chi connectivity index (χ4n) is 1.35. The monoisotopic (exact) mass is 375 g/mol. The summed E-state index contributed by atoms with van der Waals surface area (Å²) >= 11 is 2.82. The van der Waals surface area contributed by atoms with E-state index in [1.165, 1.54) is 0 Å². The summed E-state index contributed by atoms with van der Waals surface area (Å²) in [7, 11) is 0. The van der Waals surface area contributed by atoms with Gasteiger partial charge in [0.1, 0.15) is 5.82 Å². The Balaban J connectivity index is 3.29. The molecule has 116 valence electrons. The number of amides is 1. The second-order valence-electron chi connectivity index (χ2n) is 3.62. The van der Waals surface area contributed by atoms with Crippen LogP contribution in [0.15, 0.2) is 27.8 Å². The van der Waals surface area contributed by atoms with Gasteiger partial charge in [-0.3, -0.25) is 10.8 Å². The molecule has 0 heterocycles. The van der Waals surface area contributed by atoms with E-state index in [0.29, 0.717) is 0 Å². The fraction of sp³-hybridized carbons (Fsp3) is 0. The third-order valence-corrected chi connectivity index (χ3v) is 2.91. The summed E-state index contributed by atoms with van der Waals surface area (Å²) < 4.78 is 13.1. The molecule has 0 aliphatic carbocycles. The zero-order chi connectivity index (χ0) is 17.0. The quantitative estimate of drug-likeness (QED) is 0.208. The van der Waals surface area contributed by atoms with E-state index in [-0.39, 0.29) is 15.1 Å². The average Bonchev–Trinajstić information content (AvgIpc) is 2.42. The van der Waals surface area contributed by atoms with Gasteiger partial charge in [-0.15, -0.1) is 0 Å². The molecule has 0 aliphatic heterocycles. The first kappa shape index (κ1) is 17.2. The summed E-state index contributed by atoms with van der Waals surface area (Å²) in [6.45, 7) is 0. The van der Waals surface area contributed by atoms with Gasteiger partial charge >= 0.3 is 11.9 Å². The number of carbonyl (C=O) groups is 1. The fourth-order valence-corrected chi connectivity index (χ4v) is 1.72. The molecule has 1 aromatic carbocycles. The van der Waals surface area contributed by atoms with Crippen LogP contribution in [0.1, 0.15) is 0 Å². The smallest absolute Gasteiger partial charge is 0.438 e. The average molecular weight is 376 g/mol. The highest BCUT2D eigenvalue weighted by Gasteiger charge is 2.32. The number of carboxylic acid groups (broad SMARTS) is 1. The van der Waals surface area contributed by atoms with Crippen LogP contribution < -0.4 is 4.90 Å². The Bertz CT molecular complexity index is 707. The van der Waals surface area contributed by atoms with Crippen LogP contribution in [0.4, 0.5) is 14.9 Å². The summed E-state index contributed by atoms with van der Waals surface area (Å²) in [5.41, 5.74) is -1.48. The number of benzene rings is 1. The number of amidine groups is 2. The van der Waals surface area contributed by atoms with Crippen LogP contribution in [0.25, 0.3) is 0 Å². The van der Waals surface area contributed by atoms with Crippen LogP contribution in [-0.2, 0) is 0 Å². The number of hydrogen-bond donors (Lipinski definition) is 4. The molecular formula is C10H7BrFN5O5. The molecule has 0 saturated carbocycles. The highest BCUT2D eigenvalue weighted by molar-refractivity contribution is 9.10. The van der Waals surface area contributed by atoms with Crippen molar-refractivity contribution >= 4 is 45.1 Å². The van der Waals surface area contributed by atoms with Crippen LogP contribution >= 0.6 is 15.9 Å². The Hall–Kier alpha value is -2.89. The van der Waals surface area contributed by atoms with Gasteiger partial charge in [0.25, 0.3) is 0 Å². The van der Waals surface area contributed by atoms with Crippen molar-refractivity contribution in [3.63, 3.8) is 0 Å². The van der Waals surface area contributed by atoms with E-state index in [1.54, 1.807) is 0 Å². The molecule has 0 unspecified atom stereocenters. The minimum atomic E-state index is -1.74. The minimum absolute atomic E-state index is 0.110. The van der Waals surface area contributed by atoms with Crippen molar-refractivity contribution in [2.45, 2.75) is 0 Å². The summed E-state index contributed by atoms with van der Waals surface area (Å²) in [5.74, 6) is -3.24. The second-order valence-corrected chi connectivity index (χ2v) is 4.48. The van der Waals surface area contributed by atoms with Gasteiger partial charge in [-0.2, -0.15) is 0 Å². The molecule has 1 aromatic rings. The lowest BCUT2D eigenvalue weighted by molar-refractivity contribution is -0.348. The van der Waals surface area contributed by atoms with Gasteiger partial charge in [-0.05, 0) is 39.1 Å². The van der Waals surface area contributed by atoms with Crippen molar-refractivity contribution in [1.29, 1.82) is 10.8 Å². The first-order valence-electron chi connectivity index (χ1n) is 5.23. The number of oxime groups is 1. The van der Waals surface area contributed by atoms with E-state index in [4.69, 9.17) is 21.1 Å². The van der Waals surface area contributed by atoms with Crippen molar-refractivity contribution in [2.75, 3.05) is 4.90 Å². The minimum Gasteiger partial charge on any atom is -0.464 e. The van der Waals surface area contributed by atoms with Crippen LogP contribution in [0, 0.1) is 26.8 Å². The van der Waals surface area contributed by atoms with Gasteiger partial charge in [0, 0.05) is 0 Å². The maximum absolute atomic E-state index is 13.2. The van der Waals surface area contributed by atoms with E-state index in [0.717, 1.165) is 18.2 Å². The molecule has 1 amide bonds. The molecule has 0 spiro atoms. The summed E-state index contributed by atoms with van der Waals surface area (Å²) in [5, 5.41) is 45.4. The Labute approximate surface area is 129 Å². The van der Waals surface area contributed by atoms with Crippen molar-refractivity contribution in [3.05, 3.63) is 38.6 Å². The molecule has 0 bridgehead atoms. The van der Waals surface area contributed by atoms with E-state index < -0.39 is 34.2 Å². The van der Waals surface area contributed by atoms with Gasteiger partial charge in [0.2, 0.25) is 5.71 Å². The molecule has 0 aliphatic rings. The summed E-state index contributed by atoms with van der Waals surface area (Å²) in [6.07, 6.45) is -1.74. The Morgan fingerprint density at radius 2 is 2.05 bits per heavy atom. The van der Waals surface area contributed by atoms with Crippen molar-refractivity contribution < 1.29 is 24.4 Å². The molecule has 4 N–H and O–H groups in total. The topological polar surface area (TPSA) is 164 Å². The second kappa shape index (κ2) is 6.71. The largest absolute Gasteiger partial charge is 0.464 e. The molecule has 0 aromatic heterocycles. The van der Waals surface area contributed by atoms with Crippen LogP contribution in [0.2, 0.25) is 0 Å². The Morgan fingerprint density at radius 1 is 1.45 bits per heavy atom. The number of halogens is 2. The first-order chi connectivity index (χ1) is 10.2. The van der Waals surface area contributed by atoms with E-state index in [9.17, 15) is 19.3 Å². The number of nitro groups is 1. The van der Waals surface area contributed by atoms with E-state index in [1.807, 2.05) is 0 Å². The number of hydrogen-bond acceptors (Lipinski definition) is 7. The standard InChI is InChI=1S/C10H7BrFN5O5/c11-5-3-4(1-2-6(5)12)16(10(18)19)8(14)7(13)9(15-20)17(21)22/h1-3,13-14,20H,(H,18,19)/b13-7?,14-8?,15-9+. The molecule has 0 radical (unpaired) electrons. The molecule has 0 fully saturated rings. The van der Waals surface area contributed by atoms with Gasteiger partial charge in [0.15, 0.2) is 11.0 Å². The maximum atomic E-state index is 13.2. The first-order valence-corrected chi connectivity index (χ1v) is 6.02. The third kappa shape index (κ3) is 3.41. The Kier molecular flexibility index (Phi) is 5.23. The predicted molar refractivity (Wildman–Crippen MR) is 76.3 cm³/mol. The van der Waals surface area contributed by atoms with Gasteiger partial charge in [0.05, 0.1) is 10.2 Å². The van der Waals surface area contributed by atoms with Crippen LogP contribution in [0.3, 0.4) is 0 Å². The normalized spacial score (nSPS) is 10.9. The van der Waals surface area contributed by atoms with Crippen molar-refractivity contribution in [3.8, 4) is 0 Å². The Morgan fingerprint density at radius 3 is 2.45 bits per heavy atom. The maximum Gasteiger partial charge on any atom is 0.438 e. The predicted octanol–water partition coefficient (Wildman–Crippen LogP) is 2.13. The number of rotatable bonds is 3. The van der Waals surface area contributed by atoms with Crippen LogP contribution in [-0.4, -0.2) is 38.7 Å². The molecule has 22 heavy (non-hydrogen) atoms. The zero-order valence-electron chi connectivity index (χ0n) is 10.4. The van der Waals surface area contributed by atoms with Gasteiger partial charge in [-0.1, -0.05) is 0 Å². The van der Waals surface area contributed by atoms with E-state index >= 15 is 0 Å². The SMILES string of the molecule is N=C(C(=N)N(C(=O)O)c1ccc(F)c(Br)c1)/C(=N\O)[N+](=O)[O-]. The molecule has 0 atom stereocenters. The lowest BCUT2D eigenvalue weighted by Gasteiger charge is -2.19. The summed E-state index contributed by atoms with van der Waals surface area (Å²) in [4.78, 5) is 20.7. The van der Waals surface area contributed by atoms with Gasteiger partial charge in [-0.25, -0.2) is 14.1 Å². The van der Waals surface area contributed by atoms with Crippen molar-refractivity contribution in [2.24, 2.45) is 5.16 Å². The zero-order valence-corrected chi connectivity index (χ0v) is 12.0. The molecule has 0 saturated heterocycles. The molecular weight excluding hydrogens is 369 g/mol. The molecule has 1 rings (SSSR count). The van der Waals surface area contributed by atoms with Crippen molar-refractivity contribution in [1.82, 2.24) is 0 Å². The van der Waals surface area contributed by atoms with Gasteiger partial charge < -0.3 is 20.4 Å². The highest BCUT2D eigenvalue weighted by Crippen LogP contribution is 2.23. The number of nitrogens with one attached hydrogen (secondary N) is 2.